The van der Waals surface area contributed by atoms with Crippen molar-refractivity contribution in [2.45, 2.75) is 6.04 Å². The van der Waals surface area contributed by atoms with Crippen LogP contribution in [0.2, 0.25) is 5.02 Å². The van der Waals surface area contributed by atoms with Crippen molar-refractivity contribution in [2.75, 3.05) is 0 Å². The first-order valence-corrected chi connectivity index (χ1v) is 6.16. The van der Waals surface area contributed by atoms with Crippen LogP contribution in [0.15, 0.2) is 49.1 Å². The summed E-state index contributed by atoms with van der Waals surface area (Å²) in [5, 5.41) is 4.96. The van der Waals surface area contributed by atoms with Gasteiger partial charge in [-0.15, -0.1) is 0 Å². The fourth-order valence-corrected chi connectivity index (χ4v) is 2.33. The SMILES string of the molecule is NNC(c1cccc(Cl)c1)c1cnn2ccncc12. The van der Waals surface area contributed by atoms with Crippen molar-refractivity contribution in [3.8, 4) is 0 Å². The highest BCUT2D eigenvalue weighted by Crippen LogP contribution is 2.26. The smallest absolute Gasteiger partial charge is 0.0896 e. The van der Waals surface area contributed by atoms with E-state index >= 15 is 0 Å². The first kappa shape index (κ1) is 12.1. The van der Waals surface area contributed by atoms with Gasteiger partial charge in [0.1, 0.15) is 0 Å². The van der Waals surface area contributed by atoms with Gasteiger partial charge in [-0.1, -0.05) is 23.7 Å². The van der Waals surface area contributed by atoms with Gasteiger partial charge in [0.25, 0.3) is 0 Å². The molecule has 0 bridgehead atoms. The fourth-order valence-electron chi connectivity index (χ4n) is 2.13. The Balaban J connectivity index is 2.12. The molecule has 3 rings (SSSR count). The molecule has 3 N–H and O–H groups in total. The number of nitrogens with two attached hydrogens (primary N) is 1. The van der Waals surface area contributed by atoms with Crippen molar-refractivity contribution < 1.29 is 0 Å². The topological polar surface area (TPSA) is 68.2 Å². The van der Waals surface area contributed by atoms with Crippen molar-refractivity contribution in [1.82, 2.24) is 20.0 Å². The largest absolute Gasteiger partial charge is 0.271 e. The summed E-state index contributed by atoms with van der Waals surface area (Å²) in [6.07, 6.45) is 7.03. The summed E-state index contributed by atoms with van der Waals surface area (Å²) in [5.74, 6) is 5.69. The standard InChI is InChI=1S/C13H12ClN5/c14-10-3-1-2-9(6-10)13(18-15)11-7-17-19-5-4-16-8-12(11)19/h1-8,13,18H,15H2. The number of nitrogens with one attached hydrogen (secondary N) is 1. The van der Waals surface area contributed by atoms with E-state index in [0.717, 1.165) is 16.6 Å². The number of fused-ring (bicyclic) bond motifs is 1. The molecule has 2 aromatic heterocycles. The average molecular weight is 274 g/mol. The molecule has 3 aromatic rings. The molecule has 19 heavy (non-hydrogen) atoms. The summed E-state index contributed by atoms with van der Waals surface area (Å²) in [6.45, 7) is 0. The third kappa shape index (κ3) is 2.19. The normalized spacial score (nSPS) is 12.7. The van der Waals surface area contributed by atoms with E-state index < -0.39 is 0 Å². The second-order valence-electron chi connectivity index (χ2n) is 4.16. The van der Waals surface area contributed by atoms with Gasteiger partial charge in [0.2, 0.25) is 0 Å². The zero-order valence-electron chi connectivity index (χ0n) is 9.99. The molecular weight excluding hydrogens is 262 g/mol. The lowest BCUT2D eigenvalue weighted by atomic mass is 10.0. The molecule has 0 fully saturated rings. The molecule has 0 saturated carbocycles. The second kappa shape index (κ2) is 4.97. The van der Waals surface area contributed by atoms with Crippen molar-refractivity contribution in [1.29, 1.82) is 0 Å². The minimum absolute atomic E-state index is 0.180. The van der Waals surface area contributed by atoms with Gasteiger partial charge in [0, 0.05) is 23.0 Å². The zero-order valence-corrected chi connectivity index (χ0v) is 10.7. The highest BCUT2D eigenvalue weighted by molar-refractivity contribution is 6.30. The molecule has 1 unspecified atom stereocenters. The van der Waals surface area contributed by atoms with Crippen LogP contribution in [-0.2, 0) is 0 Å². The number of rotatable bonds is 3. The maximum absolute atomic E-state index is 6.02. The van der Waals surface area contributed by atoms with Gasteiger partial charge in [-0.3, -0.25) is 10.8 Å². The molecule has 0 radical (unpaired) electrons. The molecule has 6 heteroatoms. The summed E-state index contributed by atoms with van der Waals surface area (Å²) in [6, 6.07) is 7.39. The van der Waals surface area contributed by atoms with Crippen molar-refractivity contribution in [3.63, 3.8) is 0 Å². The number of nitrogens with zero attached hydrogens (tertiary/aromatic N) is 3. The van der Waals surface area contributed by atoms with Gasteiger partial charge in [0.05, 0.1) is 24.0 Å². The third-order valence-electron chi connectivity index (χ3n) is 3.01. The summed E-state index contributed by atoms with van der Waals surface area (Å²) in [7, 11) is 0. The first-order chi connectivity index (χ1) is 9.29. The Morgan fingerprint density at radius 3 is 3.00 bits per heavy atom. The van der Waals surface area contributed by atoms with E-state index in [1.165, 1.54) is 0 Å². The van der Waals surface area contributed by atoms with Crippen LogP contribution < -0.4 is 11.3 Å². The van der Waals surface area contributed by atoms with Crippen LogP contribution in [-0.4, -0.2) is 14.6 Å². The van der Waals surface area contributed by atoms with Crippen LogP contribution in [0.5, 0.6) is 0 Å². The Morgan fingerprint density at radius 2 is 2.21 bits per heavy atom. The highest BCUT2D eigenvalue weighted by atomic mass is 35.5. The number of hydrogen-bond acceptors (Lipinski definition) is 4. The van der Waals surface area contributed by atoms with Crippen LogP contribution in [0.1, 0.15) is 17.2 Å². The number of benzene rings is 1. The van der Waals surface area contributed by atoms with Crippen molar-refractivity contribution in [2.24, 2.45) is 5.84 Å². The Morgan fingerprint density at radius 1 is 1.32 bits per heavy atom. The lowest BCUT2D eigenvalue weighted by Gasteiger charge is -2.15. The third-order valence-corrected chi connectivity index (χ3v) is 3.25. The van der Waals surface area contributed by atoms with Gasteiger partial charge in [-0.2, -0.15) is 5.10 Å². The van der Waals surface area contributed by atoms with Crippen molar-refractivity contribution >= 4 is 17.1 Å². The number of aromatic nitrogens is 3. The van der Waals surface area contributed by atoms with E-state index in [1.807, 2.05) is 24.3 Å². The fraction of sp³-hybridized carbons (Fsp3) is 0.0769. The van der Waals surface area contributed by atoms with Gasteiger partial charge in [-0.05, 0) is 17.7 Å². The van der Waals surface area contributed by atoms with Crippen LogP contribution in [0, 0.1) is 0 Å². The predicted octanol–water partition coefficient (Wildman–Crippen LogP) is 1.94. The molecule has 1 atom stereocenters. The molecule has 0 amide bonds. The molecule has 5 nitrogen and oxygen atoms in total. The molecule has 0 spiro atoms. The van der Waals surface area contributed by atoms with E-state index in [-0.39, 0.29) is 6.04 Å². The van der Waals surface area contributed by atoms with Crippen molar-refractivity contribution in [3.05, 3.63) is 65.2 Å². The molecule has 0 aliphatic rings. The van der Waals surface area contributed by atoms with Gasteiger partial charge >= 0.3 is 0 Å². The Bertz CT molecular complexity index is 709. The molecule has 96 valence electrons. The Kier molecular flexibility index (Phi) is 3.16. The number of hydrazine groups is 1. The first-order valence-electron chi connectivity index (χ1n) is 5.78. The van der Waals surface area contributed by atoms with Crippen LogP contribution in [0.25, 0.3) is 5.52 Å². The molecule has 1 aromatic carbocycles. The molecule has 0 aliphatic heterocycles. The summed E-state index contributed by atoms with van der Waals surface area (Å²) in [5.41, 5.74) is 5.64. The Labute approximate surface area is 115 Å². The van der Waals surface area contributed by atoms with E-state index in [9.17, 15) is 0 Å². The van der Waals surface area contributed by atoms with Crippen LogP contribution >= 0.6 is 11.6 Å². The summed E-state index contributed by atoms with van der Waals surface area (Å²) < 4.78 is 1.76. The summed E-state index contributed by atoms with van der Waals surface area (Å²) >= 11 is 6.02. The molecular formula is C13H12ClN5. The monoisotopic (exact) mass is 273 g/mol. The summed E-state index contributed by atoms with van der Waals surface area (Å²) in [4.78, 5) is 4.12. The molecule has 2 heterocycles. The van der Waals surface area contributed by atoms with E-state index in [1.54, 1.807) is 29.3 Å². The van der Waals surface area contributed by atoms with Gasteiger partial charge in [0.15, 0.2) is 0 Å². The van der Waals surface area contributed by atoms with E-state index in [0.29, 0.717) is 5.02 Å². The highest BCUT2D eigenvalue weighted by Gasteiger charge is 2.17. The van der Waals surface area contributed by atoms with Gasteiger partial charge < -0.3 is 0 Å². The second-order valence-corrected chi connectivity index (χ2v) is 4.60. The lowest BCUT2D eigenvalue weighted by Crippen LogP contribution is -2.28. The number of hydrogen-bond donors (Lipinski definition) is 2. The average Bonchev–Trinajstić information content (AvgIpc) is 2.84. The van der Waals surface area contributed by atoms with Gasteiger partial charge in [-0.25, -0.2) is 9.94 Å². The zero-order chi connectivity index (χ0) is 13.2. The minimum atomic E-state index is -0.180. The molecule has 0 saturated heterocycles. The molecule has 0 aliphatic carbocycles. The van der Waals surface area contributed by atoms with E-state index in [4.69, 9.17) is 17.4 Å². The Hall–Kier alpha value is -1.95. The maximum Gasteiger partial charge on any atom is 0.0896 e. The lowest BCUT2D eigenvalue weighted by molar-refractivity contribution is 0.640. The maximum atomic E-state index is 6.02. The van der Waals surface area contributed by atoms with E-state index in [2.05, 4.69) is 15.5 Å². The minimum Gasteiger partial charge on any atom is -0.271 e. The number of halogens is 1. The van der Waals surface area contributed by atoms with Crippen LogP contribution in [0.4, 0.5) is 0 Å². The van der Waals surface area contributed by atoms with Crippen LogP contribution in [0.3, 0.4) is 0 Å². The predicted molar refractivity (Wildman–Crippen MR) is 73.6 cm³/mol. The quantitative estimate of drug-likeness (QED) is 0.565.